The second-order valence-corrected chi connectivity index (χ2v) is 7.37. The van der Waals surface area contributed by atoms with Crippen molar-refractivity contribution in [2.24, 2.45) is 0 Å². The van der Waals surface area contributed by atoms with Gasteiger partial charge < -0.3 is 16.4 Å². The van der Waals surface area contributed by atoms with Crippen LogP contribution in [0.2, 0.25) is 0 Å². The van der Waals surface area contributed by atoms with Crippen molar-refractivity contribution in [3.63, 3.8) is 0 Å². The van der Waals surface area contributed by atoms with E-state index in [2.05, 4.69) is 10.6 Å². The van der Waals surface area contributed by atoms with Gasteiger partial charge in [-0.15, -0.1) is 0 Å². The van der Waals surface area contributed by atoms with Crippen LogP contribution in [0.25, 0.3) is 0 Å². The predicted molar refractivity (Wildman–Crippen MR) is 81.4 cm³/mol. The van der Waals surface area contributed by atoms with E-state index in [1.807, 2.05) is 0 Å². The minimum atomic E-state index is -3.49. The molecule has 1 aliphatic rings. The van der Waals surface area contributed by atoms with Crippen molar-refractivity contribution in [1.82, 2.24) is 9.62 Å². The zero-order valence-electron chi connectivity index (χ0n) is 12.1. The molecule has 1 fully saturated rings. The fraction of sp³-hybridized carbons (Fsp3) is 0.462. The molecule has 0 saturated carbocycles. The first-order valence-electron chi connectivity index (χ1n) is 6.66. The maximum atomic E-state index is 12.0. The van der Waals surface area contributed by atoms with Gasteiger partial charge in [0.2, 0.25) is 15.9 Å². The summed E-state index contributed by atoms with van der Waals surface area (Å²) in [5.74, 6) is 0.0495. The Morgan fingerprint density at radius 1 is 1.38 bits per heavy atom. The number of amides is 1. The molecule has 0 spiro atoms. The molecule has 1 atom stereocenters. The molecule has 0 bridgehead atoms. The van der Waals surface area contributed by atoms with Gasteiger partial charge in [-0.2, -0.15) is 0 Å². The Balaban J connectivity index is 2.15. The minimum Gasteiger partial charge on any atom is -0.397 e. The highest BCUT2D eigenvalue weighted by Crippen LogP contribution is 2.25. The number of rotatable bonds is 4. The average molecular weight is 312 g/mol. The first-order valence-corrected chi connectivity index (χ1v) is 8.10. The van der Waals surface area contributed by atoms with Gasteiger partial charge in [-0.25, -0.2) is 12.7 Å². The number of hydrogen-bond donors (Lipinski definition) is 3. The lowest BCUT2D eigenvalue weighted by molar-refractivity contribution is -0.122. The van der Waals surface area contributed by atoms with E-state index in [4.69, 9.17) is 5.73 Å². The van der Waals surface area contributed by atoms with Crippen LogP contribution in [-0.2, 0) is 14.8 Å². The van der Waals surface area contributed by atoms with Crippen molar-refractivity contribution >= 4 is 27.3 Å². The van der Waals surface area contributed by atoms with Gasteiger partial charge in [0.05, 0.1) is 16.3 Å². The molecule has 4 N–H and O–H groups in total. The molecule has 1 unspecified atom stereocenters. The SMILES string of the molecule is CN(C)S(=O)(=O)c1ccc(NC2CCC(=O)NC2)c(N)c1. The lowest BCUT2D eigenvalue weighted by Gasteiger charge is -2.25. The molecule has 116 valence electrons. The van der Waals surface area contributed by atoms with Crippen LogP contribution < -0.4 is 16.4 Å². The van der Waals surface area contributed by atoms with Crippen molar-refractivity contribution in [2.45, 2.75) is 23.8 Å². The average Bonchev–Trinajstić information content (AvgIpc) is 2.43. The Kier molecular flexibility index (Phi) is 4.38. The molecule has 1 heterocycles. The molecule has 1 aromatic rings. The number of piperidine rings is 1. The van der Waals surface area contributed by atoms with Crippen molar-refractivity contribution in [1.29, 1.82) is 0 Å². The Morgan fingerprint density at radius 2 is 2.10 bits per heavy atom. The van der Waals surface area contributed by atoms with Gasteiger partial charge in [0.25, 0.3) is 0 Å². The third-order valence-corrected chi connectivity index (χ3v) is 5.24. The van der Waals surface area contributed by atoms with Crippen LogP contribution >= 0.6 is 0 Å². The summed E-state index contributed by atoms with van der Waals surface area (Å²) >= 11 is 0. The lowest BCUT2D eigenvalue weighted by Crippen LogP contribution is -2.42. The fourth-order valence-electron chi connectivity index (χ4n) is 2.12. The Bertz CT molecular complexity index is 633. The Morgan fingerprint density at radius 3 is 2.62 bits per heavy atom. The predicted octanol–water partition coefficient (Wildman–Crippen LogP) is 0.210. The van der Waals surface area contributed by atoms with Crippen LogP contribution in [0.15, 0.2) is 23.1 Å². The second-order valence-electron chi connectivity index (χ2n) is 5.22. The number of nitrogens with one attached hydrogen (secondary N) is 2. The monoisotopic (exact) mass is 312 g/mol. The van der Waals surface area contributed by atoms with Crippen LogP contribution in [0.4, 0.5) is 11.4 Å². The first kappa shape index (κ1) is 15.6. The smallest absolute Gasteiger partial charge is 0.242 e. The lowest BCUT2D eigenvalue weighted by atomic mass is 10.1. The highest BCUT2D eigenvalue weighted by molar-refractivity contribution is 7.89. The van der Waals surface area contributed by atoms with E-state index in [-0.39, 0.29) is 16.8 Å². The Hall–Kier alpha value is -1.80. The van der Waals surface area contributed by atoms with E-state index < -0.39 is 10.0 Å². The third kappa shape index (κ3) is 3.45. The van der Waals surface area contributed by atoms with Crippen LogP contribution in [0.1, 0.15) is 12.8 Å². The van der Waals surface area contributed by atoms with Crippen molar-refractivity contribution < 1.29 is 13.2 Å². The molecule has 1 saturated heterocycles. The standard InChI is InChI=1S/C13H20N4O3S/c1-17(2)21(19,20)10-4-5-12(11(14)7-10)16-9-3-6-13(18)15-8-9/h4-5,7,9,16H,3,6,8,14H2,1-2H3,(H,15,18). The summed E-state index contributed by atoms with van der Waals surface area (Å²) in [5, 5.41) is 6.01. The number of anilines is 2. The van der Waals surface area contributed by atoms with Gasteiger partial charge in [0.1, 0.15) is 0 Å². The molecule has 0 radical (unpaired) electrons. The van der Waals surface area contributed by atoms with E-state index in [0.717, 1.165) is 10.7 Å². The number of nitrogen functional groups attached to an aromatic ring is 1. The summed E-state index contributed by atoms with van der Waals surface area (Å²) in [6, 6.07) is 4.72. The van der Waals surface area contributed by atoms with Gasteiger partial charge in [-0.05, 0) is 24.6 Å². The fourth-order valence-corrected chi connectivity index (χ4v) is 3.06. The van der Waals surface area contributed by atoms with Crippen LogP contribution in [-0.4, -0.2) is 45.3 Å². The van der Waals surface area contributed by atoms with Gasteiger partial charge in [-0.1, -0.05) is 0 Å². The summed E-state index contributed by atoms with van der Waals surface area (Å²) in [6.07, 6.45) is 1.20. The summed E-state index contributed by atoms with van der Waals surface area (Å²) in [6.45, 7) is 0.538. The number of hydrogen-bond acceptors (Lipinski definition) is 5. The molecule has 7 nitrogen and oxygen atoms in total. The number of carbonyl (C=O) groups excluding carboxylic acids is 1. The molecule has 8 heteroatoms. The number of sulfonamides is 1. The number of carbonyl (C=O) groups is 1. The molecule has 1 amide bonds. The molecular formula is C13H20N4O3S. The zero-order chi connectivity index (χ0) is 15.6. The molecule has 2 rings (SSSR count). The van der Waals surface area contributed by atoms with E-state index in [1.54, 1.807) is 6.07 Å². The molecule has 0 aliphatic carbocycles. The van der Waals surface area contributed by atoms with Gasteiger partial charge >= 0.3 is 0 Å². The van der Waals surface area contributed by atoms with E-state index in [0.29, 0.717) is 24.3 Å². The summed E-state index contributed by atoms with van der Waals surface area (Å²) < 4.78 is 25.2. The quantitative estimate of drug-likeness (QED) is 0.689. The minimum absolute atomic E-state index is 0.0495. The number of nitrogens with two attached hydrogens (primary N) is 1. The molecule has 1 aromatic carbocycles. The topological polar surface area (TPSA) is 105 Å². The number of nitrogens with zero attached hydrogens (tertiary/aromatic N) is 1. The van der Waals surface area contributed by atoms with Crippen molar-refractivity contribution in [3.8, 4) is 0 Å². The third-order valence-electron chi connectivity index (χ3n) is 3.43. The first-order chi connectivity index (χ1) is 9.80. The maximum absolute atomic E-state index is 12.0. The normalized spacial score (nSPS) is 19.4. The molecular weight excluding hydrogens is 292 g/mol. The van der Waals surface area contributed by atoms with E-state index >= 15 is 0 Å². The van der Waals surface area contributed by atoms with Crippen molar-refractivity contribution in [3.05, 3.63) is 18.2 Å². The Labute approximate surface area is 124 Å². The molecule has 21 heavy (non-hydrogen) atoms. The highest BCUT2D eigenvalue weighted by Gasteiger charge is 2.20. The largest absolute Gasteiger partial charge is 0.397 e. The summed E-state index contributed by atoms with van der Waals surface area (Å²) in [5.41, 5.74) is 6.97. The van der Waals surface area contributed by atoms with E-state index in [9.17, 15) is 13.2 Å². The number of benzene rings is 1. The molecule has 1 aliphatic heterocycles. The highest BCUT2D eigenvalue weighted by atomic mass is 32.2. The van der Waals surface area contributed by atoms with E-state index in [1.165, 1.54) is 26.2 Å². The van der Waals surface area contributed by atoms with Gasteiger partial charge in [0.15, 0.2) is 0 Å². The zero-order valence-corrected chi connectivity index (χ0v) is 12.9. The summed E-state index contributed by atoms with van der Waals surface area (Å²) in [7, 11) is -0.539. The van der Waals surface area contributed by atoms with Crippen LogP contribution in [0.5, 0.6) is 0 Å². The van der Waals surface area contributed by atoms with Crippen LogP contribution in [0, 0.1) is 0 Å². The van der Waals surface area contributed by atoms with Gasteiger partial charge in [-0.3, -0.25) is 4.79 Å². The van der Waals surface area contributed by atoms with Gasteiger partial charge in [0, 0.05) is 33.1 Å². The van der Waals surface area contributed by atoms with Crippen LogP contribution in [0.3, 0.4) is 0 Å². The van der Waals surface area contributed by atoms with Crippen molar-refractivity contribution in [2.75, 3.05) is 31.7 Å². The summed E-state index contributed by atoms with van der Waals surface area (Å²) in [4.78, 5) is 11.3. The maximum Gasteiger partial charge on any atom is 0.242 e. The second kappa shape index (κ2) is 5.90. The molecule has 0 aromatic heterocycles.